The predicted molar refractivity (Wildman–Crippen MR) is 127 cm³/mol. The van der Waals surface area contributed by atoms with Gasteiger partial charge in [-0.25, -0.2) is 0 Å². The summed E-state index contributed by atoms with van der Waals surface area (Å²) in [6.45, 7) is 2.34. The summed E-state index contributed by atoms with van der Waals surface area (Å²) in [5, 5.41) is 13.5. The summed E-state index contributed by atoms with van der Waals surface area (Å²) >= 11 is 0. The molecule has 5 atom stereocenters. The number of hydrogen-bond acceptors (Lipinski definition) is 3. The summed E-state index contributed by atoms with van der Waals surface area (Å²) in [4.78, 5) is 12.2. The standard InChI is InChI=1S/C29H32O3/c1-29-16-25(19-4-3-18-15-22(32-2)8-5-17(18)13-19)28-23-10-7-21(30)14-20(23)6-9-24(28)26(29)11-12-27(29)31/h3-5,8,13-15,24-27,31H,6-7,9-12,16H2,1-2H3. The van der Waals surface area contributed by atoms with Gasteiger partial charge in [0.05, 0.1) is 13.2 Å². The molecule has 0 bridgehead atoms. The largest absolute Gasteiger partial charge is 0.497 e. The van der Waals surface area contributed by atoms with Crippen LogP contribution in [0.4, 0.5) is 0 Å². The average Bonchev–Trinajstić information content (AvgIpc) is 3.11. The van der Waals surface area contributed by atoms with Crippen LogP contribution >= 0.6 is 0 Å². The van der Waals surface area contributed by atoms with Crippen molar-refractivity contribution in [2.75, 3.05) is 7.11 Å². The Hall–Kier alpha value is -2.39. The van der Waals surface area contributed by atoms with E-state index < -0.39 is 0 Å². The number of aliphatic hydroxyl groups excluding tert-OH is 1. The Kier molecular flexibility index (Phi) is 4.62. The maximum Gasteiger partial charge on any atom is 0.156 e. The van der Waals surface area contributed by atoms with Gasteiger partial charge < -0.3 is 9.84 Å². The first-order chi connectivity index (χ1) is 15.5. The smallest absolute Gasteiger partial charge is 0.156 e. The van der Waals surface area contributed by atoms with E-state index in [9.17, 15) is 9.90 Å². The molecule has 0 aromatic heterocycles. The fourth-order valence-corrected chi connectivity index (χ4v) is 7.52. The van der Waals surface area contributed by atoms with E-state index in [1.165, 1.54) is 27.5 Å². The highest BCUT2D eigenvalue weighted by molar-refractivity contribution is 5.93. The highest BCUT2D eigenvalue weighted by Crippen LogP contribution is 2.63. The quantitative estimate of drug-likeness (QED) is 0.628. The highest BCUT2D eigenvalue weighted by Gasteiger charge is 2.56. The first kappa shape index (κ1) is 20.2. The van der Waals surface area contributed by atoms with Crippen LogP contribution in [-0.4, -0.2) is 24.1 Å². The molecule has 0 spiro atoms. The number of ketones is 1. The molecule has 2 saturated carbocycles. The molecule has 0 radical (unpaired) electrons. The third kappa shape index (κ3) is 2.94. The zero-order valence-electron chi connectivity index (χ0n) is 19.1. The minimum absolute atomic E-state index is 0.0278. The lowest BCUT2D eigenvalue weighted by Gasteiger charge is -2.52. The number of carbonyl (C=O) groups excluding carboxylic acids is 1. The van der Waals surface area contributed by atoms with Gasteiger partial charge >= 0.3 is 0 Å². The van der Waals surface area contributed by atoms with Crippen molar-refractivity contribution >= 4 is 16.6 Å². The molecule has 0 amide bonds. The number of methoxy groups -OCH3 is 1. The van der Waals surface area contributed by atoms with Crippen molar-refractivity contribution in [3.63, 3.8) is 0 Å². The van der Waals surface area contributed by atoms with Crippen LogP contribution in [0.1, 0.15) is 63.4 Å². The van der Waals surface area contributed by atoms with Crippen molar-refractivity contribution in [2.45, 2.75) is 63.9 Å². The molecule has 0 saturated heterocycles. The lowest BCUT2D eigenvalue weighted by atomic mass is 9.53. The highest BCUT2D eigenvalue weighted by atomic mass is 16.5. The van der Waals surface area contributed by atoms with Gasteiger partial charge in [0.25, 0.3) is 0 Å². The number of hydrogen-bond donors (Lipinski definition) is 1. The first-order valence-corrected chi connectivity index (χ1v) is 12.2. The topological polar surface area (TPSA) is 46.5 Å². The molecule has 3 nitrogen and oxygen atoms in total. The molecule has 5 unspecified atom stereocenters. The van der Waals surface area contributed by atoms with Gasteiger partial charge in [-0.05, 0) is 101 Å². The van der Waals surface area contributed by atoms with Crippen molar-refractivity contribution in [2.24, 2.45) is 17.3 Å². The van der Waals surface area contributed by atoms with E-state index >= 15 is 0 Å². The van der Waals surface area contributed by atoms with Crippen molar-refractivity contribution in [1.29, 1.82) is 0 Å². The van der Waals surface area contributed by atoms with E-state index in [1.807, 2.05) is 12.1 Å². The Morgan fingerprint density at radius 2 is 1.81 bits per heavy atom. The summed E-state index contributed by atoms with van der Waals surface area (Å²) in [6, 6.07) is 13.1. The number of carbonyl (C=O) groups is 1. The zero-order valence-corrected chi connectivity index (χ0v) is 19.1. The summed E-state index contributed by atoms with van der Waals surface area (Å²) in [5.41, 5.74) is 5.70. The first-order valence-electron chi connectivity index (χ1n) is 12.2. The Morgan fingerprint density at radius 3 is 2.66 bits per heavy atom. The third-order valence-electron chi connectivity index (χ3n) is 9.16. The second-order valence-electron chi connectivity index (χ2n) is 10.6. The molecule has 166 valence electrons. The molecule has 0 heterocycles. The summed E-state index contributed by atoms with van der Waals surface area (Å²) in [5.74, 6) is 2.57. The van der Waals surface area contributed by atoms with Gasteiger partial charge in [-0.3, -0.25) is 4.79 Å². The third-order valence-corrected chi connectivity index (χ3v) is 9.16. The van der Waals surface area contributed by atoms with Crippen molar-refractivity contribution in [3.05, 3.63) is 64.8 Å². The van der Waals surface area contributed by atoms with Crippen LogP contribution in [0, 0.1) is 17.3 Å². The number of benzene rings is 2. The number of fused-ring (bicyclic) bond motifs is 5. The molecule has 4 aliphatic carbocycles. The van der Waals surface area contributed by atoms with Gasteiger partial charge in [0, 0.05) is 12.3 Å². The molecule has 1 N–H and O–H groups in total. The molecule has 0 aliphatic heterocycles. The van der Waals surface area contributed by atoms with Crippen LogP contribution in [0.2, 0.25) is 0 Å². The van der Waals surface area contributed by atoms with Crippen molar-refractivity contribution in [3.8, 4) is 5.75 Å². The average molecular weight is 429 g/mol. The van der Waals surface area contributed by atoms with Crippen LogP contribution in [0.5, 0.6) is 5.75 Å². The van der Waals surface area contributed by atoms with Crippen molar-refractivity contribution in [1.82, 2.24) is 0 Å². The van der Waals surface area contributed by atoms with Crippen LogP contribution in [0.15, 0.2) is 59.2 Å². The lowest BCUT2D eigenvalue weighted by Crippen LogP contribution is -2.45. The van der Waals surface area contributed by atoms with Crippen LogP contribution in [0.3, 0.4) is 0 Å². The second-order valence-corrected chi connectivity index (χ2v) is 10.6. The fourth-order valence-electron chi connectivity index (χ4n) is 7.52. The van der Waals surface area contributed by atoms with Crippen LogP contribution in [-0.2, 0) is 4.79 Å². The van der Waals surface area contributed by atoms with Crippen LogP contribution in [0.25, 0.3) is 10.8 Å². The number of aliphatic hydroxyl groups is 1. The van der Waals surface area contributed by atoms with E-state index in [0.717, 1.165) is 44.3 Å². The van der Waals surface area contributed by atoms with Gasteiger partial charge in [0.1, 0.15) is 5.75 Å². The minimum atomic E-state index is -0.212. The summed E-state index contributed by atoms with van der Waals surface area (Å²) < 4.78 is 5.41. The molecular formula is C29H32O3. The molecule has 32 heavy (non-hydrogen) atoms. The predicted octanol–water partition coefficient (Wildman–Crippen LogP) is 6.11. The molecule has 4 aliphatic rings. The van der Waals surface area contributed by atoms with Crippen LogP contribution < -0.4 is 4.74 Å². The lowest BCUT2D eigenvalue weighted by molar-refractivity contribution is -0.114. The number of rotatable bonds is 2. The maximum absolute atomic E-state index is 12.2. The van der Waals surface area contributed by atoms with Crippen molar-refractivity contribution < 1.29 is 14.6 Å². The molecular weight excluding hydrogens is 396 g/mol. The van der Waals surface area contributed by atoms with Gasteiger partial charge in [-0.2, -0.15) is 0 Å². The van der Waals surface area contributed by atoms with E-state index in [2.05, 4.69) is 37.3 Å². The molecule has 2 fully saturated rings. The maximum atomic E-state index is 12.2. The summed E-state index contributed by atoms with van der Waals surface area (Å²) in [6.07, 6.45) is 8.44. The molecule has 2 aromatic carbocycles. The van der Waals surface area contributed by atoms with E-state index in [1.54, 1.807) is 12.7 Å². The molecule has 6 rings (SSSR count). The Balaban J connectivity index is 1.52. The fraction of sp³-hybridized carbons (Fsp3) is 0.483. The second kappa shape index (κ2) is 7.31. The van der Waals surface area contributed by atoms with E-state index in [0.29, 0.717) is 24.2 Å². The monoisotopic (exact) mass is 428 g/mol. The van der Waals surface area contributed by atoms with Gasteiger partial charge in [0.2, 0.25) is 0 Å². The van der Waals surface area contributed by atoms with Gasteiger partial charge in [-0.15, -0.1) is 0 Å². The molecule has 2 aromatic rings. The van der Waals surface area contributed by atoms with E-state index in [4.69, 9.17) is 4.74 Å². The molecule has 3 heteroatoms. The summed E-state index contributed by atoms with van der Waals surface area (Å²) in [7, 11) is 1.71. The Bertz CT molecular complexity index is 1170. The normalized spacial score (nSPS) is 34.1. The Labute approximate surface area is 190 Å². The zero-order chi connectivity index (χ0) is 22.0. The van der Waals surface area contributed by atoms with E-state index in [-0.39, 0.29) is 17.3 Å². The van der Waals surface area contributed by atoms with Gasteiger partial charge in [-0.1, -0.05) is 36.8 Å². The number of ether oxygens (including phenoxy) is 1. The van der Waals surface area contributed by atoms with Gasteiger partial charge in [0.15, 0.2) is 5.78 Å². The minimum Gasteiger partial charge on any atom is -0.497 e. The number of allylic oxidation sites excluding steroid dienone is 4. The Morgan fingerprint density at radius 1 is 1.00 bits per heavy atom. The SMILES string of the molecule is COc1ccc2cc(C3CC4(C)C(O)CCC4C4CCC5=CC(=O)CCC5=C34)ccc2c1.